The first kappa shape index (κ1) is 14.7. The Kier molecular flexibility index (Phi) is 4.53. The summed E-state index contributed by atoms with van der Waals surface area (Å²) >= 11 is 0. The highest BCUT2D eigenvalue weighted by Gasteiger charge is 2.20. The second kappa shape index (κ2) is 6.16. The van der Waals surface area contributed by atoms with E-state index in [0.717, 1.165) is 17.2 Å². The lowest BCUT2D eigenvalue weighted by Gasteiger charge is -2.29. The van der Waals surface area contributed by atoms with E-state index in [1.807, 2.05) is 13.0 Å². The Balaban J connectivity index is 2.16. The molecule has 110 valence electrons. The van der Waals surface area contributed by atoms with Crippen molar-refractivity contribution in [3.8, 4) is 0 Å². The molecule has 1 aliphatic carbocycles. The van der Waals surface area contributed by atoms with Gasteiger partial charge in [0.15, 0.2) is 0 Å². The molecule has 0 aromatic heterocycles. The molecular formula is C16H24N2O2. The van der Waals surface area contributed by atoms with Gasteiger partial charge < -0.3 is 15.8 Å². The molecule has 1 aliphatic rings. The minimum absolute atomic E-state index is 0.341. The molecule has 4 nitrogen and oxygen atoms in total. The first-order valence-corrected chi connectivity index (χ1v) is 7.26. The smallest absolute Gasteiger partial charge is 0.338 e. The third kappa shape index (κ3) is 3.24. The maximum atomic E-state index is 11.6. The van der Waals surface area contributed by atoms with Crippen LogP contribution in [0.4, 0.5) is 11.4 Å². The monoisotopic (exact) mass is 276 g/mol. The number of nitrogens with two attached hydrogens (primary N) is 1. The molecule has 2 rings (SSSR count). The van der Waals surface area contributed by atoms with Gasteiger partial charge in [-0.1, -0.05) is 19.8 Å². The van der Waals surface area contributed by atoms with E-state index in [1.54, 1.807) is 6.07 Å². The largest absolute Gasteiger partial charge is 0.465 e. The van der Waals surface area contributed by atoms with Crippen molar-refractivity contribution in [2.75, 3.05) is 18.2 Å². The lowest BCUT2D eigenvalue weighted by atomic mass is 9.87. The average Bonchev–Trinajstić information content (AvgIpc) is 2.41. The molecule has 0 heterocycles. The lowest BCUT2D eigenvalue weighted by molar-refractivity contribution is 0.0600. The van der Waals surface area contributed by atoms with E-state index in [4.69, 9.17) is 10.5 Å². The first-order chi connectivity index (χ1) is 9.51. The van der Waals surface area contributed by atoms with Crippen molar-refractivity contribution in [2.45, 2.75) is 45.6 Å². The SMILES string of the molecule is COC(=O)c1cc(N)c(N[C@H]2CCCC(C)C2)cc1C. The molecule has 20 heavy (non-hydrogen) atoms. The third-order valence-corrected chi connectivity index (χ3v) is 4.10. The van der Waals surface area contributed by atoms with E-state index in [-0.39, 0.29) is 5.97 Å². The summed E-state index contributed by atoms with van der Waals surface area (Å²) < 4.78 is 4.76. The standard InChI is InChI=1S/C16H24N2O2/c1-10-5-4-6-12(7-10)18-15-8-11(2)13(9-14(15)17)16(19)20-3/h8-10,12,18H,4-7,17H2,1-3H3/t10?,12-/m0/s1. The van der Waals surface area contributed by atoms with Crippen LogP contribution in [0.2, 0.25) is 0 Å². The van der Waals surface area contributed by atoms with E-state index in [9.17, 15) is 4.79 Å². The predicted octanol–water partition coefficient (Wildman–Crippen LogP) is 3.35. The van der Waals surface area contributed by atoms with Crippen molar-refractivity contribution in [1.82, 2.24) is 0 Å². The maximum Gasteiger partial charge on any atom is 0.338 e. The minimum atomic E-state index is -0.341. The predicted molar refractivity (Wildman–Crippen MR) is 82.0 cm³/mol. The summed E-state index contributed by atoms with van der Waals surface area (Å²) in [7, 11) is 1.38. The number of nitrogen functional groups attached to an aromatic ring is 1. The number of methoxy groups -OCH3 is 1. The molecule has 0 aliphatic heterocycles. The highest BCUT2D eigenvalue weighted by molar-refractivity contribution is 5.93. The van der Waals surface area contributed by atoms with Crippen LogP contribution in [0.3, 0.4) is 0 Å². The molecule has 0 saturated heterocycles. The number of aryl methyl sites for hydroxylation is 1. The van der Waals surface area contributed by atoms with E-state index in [2.05, 4.69) is 12.2 Å². The van der Waals surface area contributed by atoms with Gasteiger partial charge in [0.25, 0.3) is 0 Å². The van der Waals surface area contributed by atoms with Gasteiger partial charge in [-0.05, 0) is 43.4 Å². The van der Waals surface area contributed by atoms with Gasteiger partial charge >= 0.3 is 5.97 Å². The number of hydrogen-bond acceptors (Lipinski definition) is 4. The molecular weight excluding hydrogens is 252 g/mol. The summed E-state index contributed by atoms with van der Waals surface area (Å²) in [5.41, 5.74) is 9.02. The number of carbonyl (C=O) groups excluding carboxylic acids is 1. The van der Waals surface area contributed by atoms with Crippen LogP contribution in [-0.4, -0.2) is 19.1 Å². The Morgan fingerprint density at radius 3 is 2.80 bits per heavy atom. The quantitative estimate of drug-likeness (QED) is 0.656. The maximum absolute atomic E-state index is 11.6. The zero-order chi connectivity index (χ0) is 14.7. The van der Waals surface area contributed by atoms with Crippen LogP contribution in [-0.2, 0) is 4.74 Å². The second-order valence-electron chi connectivity index (χ2n) is 5.86. The topological polar surface area (TPSA) is 64.3 Å². The van der Waals surface area contributed by atoms with Gasteiger partial charge in [0, 0.05) is 6.04 Å². The summed E-state index contributed by atoms with van der Waals surface area (Å²) in [6, 6.07) is 4.13. The molecule has 1 aromatic carbocycles. The van der Waals surface area contributed by atoms with E-state index < -0.39 is 0 Å². The number of rotatable bonds is 3. The van der Waals surface area contributed by atoms with Gasteiger partial charge in [0.05, 0.1) is 24.0 Å². The van der Waals surface area contributed by atoms with Crippen LogP contribution in [0.25, 0.3) is 0 Å². The van der Waals surface area contributed by atoms with Gasteiger partial charge in [-0.2, -0.15) is 0 Å². The molecule has 1 fully saturated rings. The normalized spacial score (nSPS) is 22.4. The van der Waals surface area contributed by atoms with Crippen molar-refractivity contribution in [3.05, 3.63) is 23.3 Å². The first-order valence-electron chi connectivity index (χ1n) is 7.26. The zero-order valence-electron chi connectivity index (χ0n) is 12.5. The van der Waals surface area contributed by atoms with Crippen molar-refractivity contribution in [2.24, 2.45) is 5.92 Å². The third-order valence-electron chi connectivity index (χ3n) is 4.10. The number of ether oxygens (including phenoxy) is 1. The summed E-state index contributed by atoms with van der Waals surface area (Å²) in [6.45, 7) is 4.20. The molecule has 1 saturated carbocycles. The van der Waals surface area contributed by atoms with Gasteiger partial charge in [-0.15, -0.1) is 0 Å². The Morgan fingerprint density at radius 1 is 1.40 bits per heavy atom. The van der Waals surface area contributed by atoms with Crippen LogP contribution < -0.4 is 11.1 Å². The summed E-state index contributed by atoms with van der Waals surface area (Å²) in [5, 5.41) is 3.53. The number of carbonyl (C=O) groups is 1. The molecule has 4 heteroatoms. The average molecular weight is 276 g/mol. The molecule has 1 aromatic rings. The highest BCUT2D eigenvalue weighted by Crippen LogP contribution is 2.30. The molecule has 0 amide bonds. The Hall–Kier alpha value is -1.71. The van der Waals surface area contributed by atoms with E-state index in [1.165, 1.54) is 32.8 Å². The Bertz CT molecular complexity index is 499. The molecule has 0 radical (unpaired) electrons. The number of esters is 1. The van der Waals surface area contributed by atoms with Crippen molar-refractivity contribution >= 4 is 17.3 Å². The summed E-state index contributed by atoms with van der Waals surface area (Å²) in [4.78, 5) is 11.6. The van der Waals surface area contributed by atoms with Gasteiger partial charge in [0.2, 0.25) is 0 Å². The molecule has 3 N–H and O–H groups in total. The molecule has 0 spiro atoms. The number of anilines is 2. The van der Waals surface area contributed by atoms with E-state index >= 15 is 0 Å². The summed E-state index contributed by atoms with van der Waals surface area (Å²) in [6.07, 6.45) is 4.94. The Labute approximate surface area is 120 Å². The molecule has 2 atom stereocenters. The van der Waals surface area contributed by atoms with Crippen molar-refractivity contribution in [1.29, 1.82) is 0 Å². The Morgan fingerprint density at radius 2 is 2.15 bits per heavy atom. The fraction of sp³-hybridized carbons (Fsp3) is 0.562. The number of benzene rings is 1. The lowest BCUT2D eigenvalue weighted by Crippen LogP contribution is -2.26. The molecule has 1 unspecified atom stereocenters. The van der Waals surface area contributed by atoms with E-state index in [0.29, 0.717) is 17.3 Å². The van der Waals surface area contributed by atoms with Gasteiger partial charge in [-0.3, -0.25) is 0 Å². The van der Waals surface area contributed by atoms with Gasteiger partial charge in [-0.25, -0.2) is 4.79 Å². The number of nitrogens with one attached hydrogen (secondary N) is 1. The van der Waals surface area contributed by atoms with Crippen LogP contribution in [0.15, 0.2) is 12.1 Å². The minimum Gasteiger partial charge on any atom is -0.465 e. The van der Waals surface area contributed by atoms with Crippen LogP contribution in [0.1, 0.15) is 48.5 Å². The number of hydrogen-bond donors (Lipinski definition) is 2. The fourth-order valence-corrected chi connectivity index (χ4v) is 2.96. The zero-order valence-corrected chi connectivity index (χ0v) is 12.5. The van der Waals surface area contributed by atoms with Crippen LogP contribution >= 0.6 is 0 Å². The fourth-order valence-electron chi connectivity index (χ4n) is 2.96. The van der Waals surface area contributed by atoms with Crippen molar-refractivity contribution < 1.29 is 9.53 Å². The van der Waals surface area contributed by atoms with Crippen LogP contribution in [0, 0.1) is 12.8 Å². The van der Waals surface area contributed by atoms with Crippen molar-refractivity contribution in [3.63, 3.8) is 0 Å². The second-order valence-corrected chi connectivity index (χ2v) is 5.86. The highest BCUT2D eigenvalue weighted by atomic mass is 16.5. The molecule has 0 bridgehead atoms. The summed E-state index contributed by atoms with van der Waals surface area (Å²) in [5.74, 6) is 0.421. The van der Waals surface area contributed by atoms with Gasteiger partial charge in [0.1, 0.15) is 0 Å². The van der Waals surface area contributed by atoms with Crippen LogP contribution in [0.5, 0.6) is 0 Å².